The Morgan fingerprint density at radius 1 is 1.27 bits per heavy atom. The number of amides is 1. The zero-order chi connectivity index (χ0) is 21.3. The number of carbonyl (C=O) groups is 1. The van der Waals surface area contributed by atoms with Crippen LogP contribution >= 0.6 is 11.8 Å². The molecule has 2 aromatic rings. The molecule has 1 aliphatic rings. The highest BCUT2D eigenvalue weighted by atomic mass is 32.2. The standard InChI is InChI=1S/C24H33N3O2S/c1-26(17-21-8-4-5-12-25-21)23(16-19-7-6-9-22(15-19)29-2)20-10-13-27(14-11-20)24(28)18-30-3/h4-9,12,15,20,23H,10-11,13-14,16-18H2,1-3H3. The Bertz CT molecular complexity index is 794. The first-order valence-corrected chi connectivity index (χ1v) is 12.0. The Morgan fingerprint density at radius 2 is 2.07 bits per heavy atom. The van der Waals surface area contributed by atoms with Gasteiger partial charge in [0, 0.05) is 31.9 Å². The SMILES string of the molecule is COc1cccc(CC(C2CCN(C(=O)CSC)CC2)N(C)Cc2ccccn2)c1. The summed E-state index contributed by atoms with van der Waals surface area (Å²) in [4.78, 5) is 21.3. The molecule has 0 aliphatic carbocycles. The van der Waals surface area contributed by atoms with E-state index in [0.717, 1.165) is 50.3 Å². The molecule has 1 aromatic heterocycles. The van der Waals surface area contributed by atoms with E-state index in [9.17, 15) is 4.79 Å². The van der Waals surface area contributed by atoms with E-state index in [4.69, 9.17) is 4.74 Å². The van der Waals surface area contributed by atoms with Gasteiger partial charge in [0.2, 0.25) is 5.91 Å². The van der Waals surface area contributed by atoms with Gasteiger partial charge in [-0.2, -0.15) is 11.8 Å². The minimum absolute atomic E-state index is 0.270. The van der Waals surface area contributed by atoms with E-state index in [-0.39, 0.29) is 5.91 Å². The molecule has 0 saturated carbocycles. The Kier molecular flexibility index (Phi) is 8.58. The van der Waals surface area contributed by atoms with E-state index in [0.29, 0.717) is 17.7 Å². The van der Waals surface area contributed by atoms with Gasteiger partial charge in [-0.15, -0.1) is 0 Å². The quantitative estimate of drug-likeness (QED) is 0.610. The average molecular weight is 428 g/mol. The number of nitrogens with zero attached hydrogens (tertiary/aromatic N) is 3. The third-order valence-electron chi connectivity index (χ3n) is 5.99. The third kappa shape index (κ3) is 6.22. The van der Waals surface area contributed by atoms with Gasteiger partial charge in [0.25, 0.3) is 0 Å². The van der Waals surface area contributed by atoms with Crippen molar-refractivity contribution < 1.29 is 9.53 Å². The number of piperidine rings is 1. The van der Waals surface area contributed by atoms with Crippen molar-refractivity contribution in [2.45, 2.75) is 31.8 Å². The van der Waals surface area contributed by atoms with Gasteiger partial charge in [-0.05, 0) is 68.3 Å². The van der Waals surface area contributed by atoms with Gasteiger partial charge in [-0.3, -0.25) is 14.7 Å². The molecule has 3 rings (SSSR count). The highest BCUT2D eigenvalue weighted by Gasteiger charge is 2.31. The molecule has 1 atom stereocenters. The maximum Gasteiger partial charge on any atom is 0.232 e. The summed E-state index contributed by atoms with van der Waals surface area (Å²) in [7, 11) is 3.91. The van der Waals surface area contributed by atoms with E-state index in [1.807, 2.05) is 35.6 Å². The van der Waals surface area contributed by atoms with Gasteiger partial charge in [0.15, 0.2) is 0 Å². The second-order valence-corrected chi connectivity index (χ2v) is 8.88. The Hall–Kier alpha value is -2.05. The fourth-order valence-electron chi connectivity index (χ4n) is 4.34. The molecule has 30 heavy (non-hydrogen) atoms. The number of methoxy groups -OCH3 is 1. The molecule has 1 unspecified atom stereocenters. The average Bonchev–Trinajstić information content (AvgIpc) is 2.78. The van der Waals surface area contributed by atoms with Crippen molar-refractivity contribution in [3.8, 4) is 5.75 Å². The van der Waals surface area contributed by atoms with Crippen molar-refractivity contribution in [2.24, 2.45) is 5.92 Å². The fourth-order valence-corrected chi connectivity index (χ4v) is 4.77. The van der Waals surface area contributed by atoms with Gasteiger partial charge >= 0.3 is 0 Å². The topological polar surface area (TPSA) is 45.7 Å². The number of hydrogen-bond donors (Lipinski definition) is 0. The predicted octanol–water partition coefficient (Wildman–Crippen LogP) is 3.73. The minimum atomic E-state index is 0.270. The summed E-state index contributed by atoms with van der Waals surface area (Å²) in [6.07, 6.45) is 6.89. The van der Waals surface area contributed by atoms with Crippen molar-refractivity contribution in [1.29, 1.82) is 0 Å². The number of pyridine rings is 1. The van der Waals surface area contributed by atoms with Crippen LogP contribution in [-0.4, -0.2) is 66.0 Å². The molecule has 0 spiro atoms. The molecule has 1 fully saturated rings. The molecule has 6 heteroatoms. The molecule has 0 N–H and O–H groups in total. The van der Waals surface area contributed by atoms with Crippen LogP contribution in [0.25, 0.3) is 0 Å². The van der Waals surface area contributed by atoms with E-state index in [1.165, 1.54) is 5.56 Å². The van der Waals surface area contributed by atoms with E-state index >= 15 is 0 Å². The number of ether oxygens (including phenoxy) is 1. The number of rotatable bonds is 9. The fraction of sp³-hybridized carbons (Fsp3) is 0.500. The van der Waals surface area contributed by atoms with Crippen molar-refractivity contribution in [1.82, 2.24) is 14.8 Å². The Labute approximate surface area is 184 Å². The van der Waals surface area contributed by atoms with Crippen molar-refractivity contribution in [3.63, 3.8) is 0 Å². The monoisotopic (exact) mass is 427 g/mol. The van der Waals surface area contributed by atoms with Crippen molar-refractivity contribution >= 4 is 17.7 Å². The zero-order valence-electron chi connectivity index (χ0n) is 18.3. The van der Waals surface area contributed by atoms with Gasteiger partial charge in [-0.1, -0.05) is 18.2 Å². The van der Waals surface area contributed by atoms with Gasteiger partial charge in [0.1, 0.15) is 5.75 Å². The summed E-state index contributed by atoms with van der Waals surface area (Å²) in [6, 6.07) is 14.8. The maximum absolute atomic E-state index is 12.3. The third-order valence-corrected chi connectivity index (χ3v) is 6.52. The van der Waals surface area contributed by atoms with Crippen LogP contribution in [0.3, 0.4) is 0 Å². The molecule has 1 amide bonds. The Morgan fingerprint density at radius 3 is 2.73 bits per heavy atom. The molecule has 1 aromatic carbocycles. The van der Waals surface area contributed by atoms with Crippen molar-refractivity contribution in [2.75, 3.05) is 39.3 Å². The number of aromatic nitrogens is 1. The highest BCUT2D eigenvalue weighted by Crippen LogP contribution is 2.28. The van der Waals surface area contributed by atoms with Crippen LogP contribution in [0.2, 0.25) is 0 Å². The van der Waals surface area contributed by atoms with Crippen LogP contribution in [0, 0.1) is 5.92 Å². The predicted molar refractivity (Wildman–Crippen MR) is 124 cm³/mol. The normalized spacial score (nSPS) is 15.9. The lowest BCUT2D eigenvalue weighted by Crippen LogP contribution is -2.47. The molecular weight excluding hydrogens is 394 g/mol. The lowest BCUT2D eigenvalue weighted by atomic mass is 9.85. The number of carbonyl (C=O) groups excluding carboxylic acids is 1. The molecule has 5 nitrogen and oxygen atoms in total. The number of benzene rings is 1. The number of likely N-dealkylation sites (N-methyl/N-ethyl adjacent to an activating group) is 1. The second-order valence-electron chi connectivity index (χ2n) is 8.01. The molecular formula is C24H33N3O2S. The van der Waals surface area contributed by atoms with E-state index in [2.05, 4.69) is 41.2 Å². The van der Waals surface area contributed by atoms with Gasteiger partial charge in [0.05, 0.1) is 18.6 Å². The first kappa shape index (κ1) is 22.6. The maximum atomic E-state index is 12.3. The van der Waals surface area contributed by atoms with Crippen molar-refractivity contribution in [3.05, 3.63) is 59.9 Å². The summed E-state index contributed by atoms with van der Waals surface area (Å²) in [6.45, 7) is 2.54. The highest BCUT2D eigenvalue weighted by molar-refractivity contribution is 7.99. The van der Waals surface area contributed by atoms with Crippen LogP contribution in [0.15, 0.2) is 48.7 Å². The van der Waals surface area contributed by atoms with Crippen LogP contribution in [-0.2, 0) is 17.8 Å². The van der Waals surface area contributed by atoms with E-state index in [1.54, 1.807) is 18.9 Å². The number of hydrogen-bond acceptors (Lipinski definition) is 5. The van der Waals surface area contributed by atoms with Crippen LogP contribution in [0.4, 0.5) is 0 Å². The molecule has 0 bridgehead atoms. The van der Waals surface area contributed by atoms with E-state index < -0.39 is 0 Å². The molecule has 162 valence electrons. The Balaban J connectivity index is 1.72. The van der Waals surface area contributed by atoms with Gasteiger partial charge in [-0.25, -0.2) is 0 Å². The molecule has 1 saturated heterocycles. The largest absolute Gasteiger partial charge is 0.497 e. The molecule has 0 radical (unpaired) electrons. The van der Waals surface area contributed by atoms with Crippen LogP contribution in [0.1, 0.15) is 24.1 Å². The second kappa shape index (κ2) is 11.4. The number of likely N-dealkylation sites (tertiary alicyclic amines) is 1. The molecule has 1 aliphatic heterocycles. The van der Waals surface area contributed by atoms with Crippen LogP contribution in [0.5, 0.6) is 5.75 Å². The summed E-state index contributed by atoms with van der Waals surface area (Å²) in [5, 5.41) is 0. The smallest absolute Gasteiger partial charge is 0.232 e. The summed E-state index contributed by atoms with van der Waals surface area (Å²) in [5.74, 6) is 2.30. The zero-order valence-corrected chi connectivity index (χ0v) is 19.1. The van der Waals surface area contributed by atoms with Crippen LogP contribution < -0.4 is 4.74 Å². The minimum Gasteiger partial charge on any atom is -0.497 e. The lowest BCUT2D eigenvalue weighted by molar-refractivity contribution is -0.130. The molecule has 2 heterocycles. The summed E-state index contributed by atoms with van der Waals surface area (Å²) in [5.41, 5.74) is 2.37. The lowest BCUT2D eigenvalue weighted by Gasteiger charge is -2.40. The van der Waals surface area contributed by atoms with Gasteiger partial charge < -0.3 is 9.64 Å². The first-order chi connectivity index (χ1) is 14.6. The summed E-state index contributed by atoms with van der Waals surface area (Å²) >= 11 is 1.60. The first-order valence-electron chi connectivity index (χ1n) is 10.6. The summed E-state index contributed by atoms with van der Waals surface area (Å²) < 4.78 is 5.43. The number of thioether (sulfide) groups is 1.